The van der Waals surface area contributed by atoms with Gasteiger partial charge in [0.1, 0.15) is 5.82 Å². The van der Waals surface area contributed by atoms with E-state index in [4.69, 9.17) is 5.84 Å². The smallest absolute Gasteiger partial charge is 0.143 e. The quantitative estimate of drug-likeness (QED) is 0.548. The Balaban J connectivity index is 2.96. The molecule has 0 atom stereocenters. The maximum absolute atomic E-state index is 5.43. The van der Waals surface area contributed by atoms with Gasteiger partial charge >= 0.3 is 0 Å². The van der Waals surface area contributed by atoms with Crippen LogP contribution < -0.4 is 10.9 Å². The maximum atomic E-state index is 5.43. The summed E-state index contributed by atoms with van der Waals surface area (Å²) in [6.45, 7) is 0. The molecule has 1 aromatic heterocycles. The van der Waals surface area contributed by atoms with Crippen molar-refractivity contribution < 1.29 is 0 Å². The standard InChI is InChI=1S/C6H8BrN3/c1-10(8)6-4-5(7)2-3-9-6/h2-4H,8H2,1H3. The average molecular weight is 202 g/mol. The highest BCUT2D eigenvalue weighted by Crippen LogP contribution is 2.13. The van der Waals surface area contributed by atoms with Gasteiger partial charge in [-0.3, -0.25) is 5.01 Å². The molecule has 0 amide bonds. The summed E-state index contributed by atoms with van der Waals surface area (Å²) in [4.78, 5) is 4.01. The molecule has 0 aliphatic heterocycles. The molecule has 0 fully saturated rings. The first-order chi connectivity index (χ1) is 4.70. The SMILES string of the molecule is CN(N)c1cc(Br)ccn1. The highest BCUT2D eigenvalue weighted by atomic mass is 79.9. The lowest BCUT2D eigenvalue weighted by Crippen LogP contribution is -2.25. The number of nitrogens with two attached hydrogens (primary N) is 1. The number of halogens is 1. The van der Waals surface area contributed by atoms with Gasteiger partial charge in [-0.05, 0) is 12.1 Å². The van der Waals surface area contributed by atoms with Gasteiger partial charge in [-0.15, -0.1) is 0 Å². The molecule has 0 aliphatic rings. The molecule has 0 unspecified atom stereocenters. The summed E-state index contributed by atoms with van der Waals surface area (Å²) < 4.78 is 0.981. The van der Waals surface area contributed by atoms with Crippen molar-refractivity contribution in [3.05, 3.63) is 22.8 Å². The predicted octanol–water partition coefficient (Wildman–Crippen LogP) is 1.15. The molecule has 0 saturated heterocycles. The summed E-state index contributed by atoms with van der Waals surface area (Å²) >= 11 is 3.31. The first-order valence-electron chi connectivity index (χ1n) is 2.80. The van der Waals surface area contributed by atoms with Crippen LogP contribution in [-0.2, 0) is 0 Å². The van der Waals surface area contributed by atoms with E-state index in [1.807, 2.05) is 12.1 Å². The van der Waals surface area contributed by atoms with E-state index >= 15 is 0 Å². The molecule has 1 aromatic rings. The van der Waals surface area contributed by atoms with E-state index in [0.717, 1.165) is 10.3 Å². The van der Waals surface area contributed by atoms with Crippen LogP contribution in [-0.4, -0.2) is 12.0 Å². The highest BCUT2D eigenvalue weighted by Gasteiger charge is 1.95. The molecular weight excluding hydrogens is 194 g/mol. The third kappa shape index (κ3) is 1.68. The van der Waals surface area contributed by atoms with Gasteiger partial charge in [0.2, 0.25) is 0 Å². The minimum atomic E-state index is 0.745. The Morgan fingerprint density at radius 3 is 2.80 bits per heavy atom. The van der Waals surface area contributed by atoms with Crippen LogP contribution >= 0.6 is 15.9 Å². The van der Waals surface area contributed by atoms with Gasteiger partial charge in [-0.25, -0.2) is 10.8 Å². The van der Waals surface area contributed by atoms with Crippen LogP contribution in [0.4, 0.5) is 5.82 Å². The molecular formula is C6H8BrN3. The van der Waals surface area contributed by atoms with E-state index in [2.05, 4.69) is 20.9 Å². The summed E-state index contributed by atoms with van der Waals surface area (Å²) in [7, 11) is 1.74. The van der Waals surface area contributed by atoms with Crippen molar-refractivity contribution in [3.63, 3.8) is 0 Å². The van der Waals surface area contributed by atoms with Crippen molar-refractivity contribution >= 4 is 21.7 Å². The van der Waals surface area contributed by atoms with Crippen molar-refractivity contribution in [1.29, 1.82) is 0 Å². The Bertz CT molecular complexity index is 224. The van der Waals surface area contributed by atoms with Gasteiger partial charge in [-0.1, -0.05) is 15.9 Å². The number of rotatable bonds is 1. The van der Waals surface area contributed by atoms with Crippen LogP contribution in [0.2, 0.25) is 0 Å². The maximum Gasteiger partial charge on any atom is 0.143 e. The molecule has 54 valence electrons. The Labute approximate surface area is 68.0 Å². The van der Waals surface area contributed by atoms with Gasteiger partial charge in [0.15, 0.2) is 0 Å². The molecule has 1 rings (SSSR count). The second-order valence-corrected chi connectivity index (χ2v) is 2.86. The first-order valence-corrected chi connectivity index (χ1v) is 3.59. The lowest BCUT2D eigenvalue weighted by molar-refractivity contribution is 0.976. The summed E-state index contributed by atoms with van der Waals surface area (Å²) in [6.07, 6.45) is 1.70. The first kappa shape index (κ1) is 7.50. The van der Waals surface area contributed by atoms with Gasteiger partial charge in [0.25, 0.3) is 0 Å². The second kappa shape index (κ2) is 2.98. The fraction of sp³-hybridized carbons (Fsp3) is 0.167. The van der Waals surface area contributed by atoms with Crippen LogP contribution in [0.1, 0.15) is 0 Å². The Hall–Kier alpha value is -0.610. The summed E-state index contributed by atoms with van der Waals surface area (Å²) in [5.74, 6) is 6.18. The van der Waals surface area contributed by atoms with E-state index in [9.17, 15) is 0 Å². The number of nitrogens with zero attached hydrogens (tertiary/aromatic N) is 2. The van der Waals surface area contributed by atoms with E-state index in [0.29, 0.717) is 0 Å². The molecule has 10 heavy (non-hydrogen) atoms. The van der Waals surface area contributed by atoms with Crippen LogP contribution in [0.3, 0.4) is 0 Å². The molecule has 3 nitrogen and oxygen atoms in total. The Morgan fingerprint density at radius 2 is 2.40 bits per heavy atom. The molecule has 0 spiro atoms. The van der Waals surface area contributed by atoms with Crippen LogP contribution in [0.5, 0.6) is 0 Å². The van der Waals surface area contributed by atoms with E-state index in [-0.39, 0.29) is 0 Å². The van der Waals surface area contributed by atoms with Crippen LogP contribution in [0.15, 0.2) is 22.8 Å². The second-order valence-electron chi connectivity index (χ2n) is 1.94. The fourth-order valence-electron chi connectivity index (χ4n) is 0.586. The van der Waals surface area contributed by atoms with Gasteiger partial charge in [-0.2, -0.15) is 0 Å². The lowest BCUT2D eigenvalue weighted by atomic mass is 10.5. The zero-order valence-electron chi connectivity index (χ0n) is 5.58. The minimum Gasteiger partial charge on any atom is -0.298 e. The van der Waals surface area contributed by atoms with E-state index in [1.54, 1.807) is 13.2 Å². The molecule has 2 N–H and O–H groups in total. The van der Waals surface area contributed by atoms with Gasteiger partial charge < -0.3 is 0 Å². The number of hydrogen-bond acceptors (Lipinski definition) is 3. The molecule has 1 heterocycles. The van der Waals surface area contributed by atoms with Crippen LogP contribution in [0, 0.1) is 0 Å². The number of pyridine rings is 1. The molecule has 0 saturated carbocycles. The molecule has 0 bridgehead atoms. The number of anilines is 1. The zero-order valence-corrected chi connectivity index (χ0v) is 7.17. The molecule has 0 radical (unpaired) electrons. The topological polar surface area (TPSA) is 42.1 Å². The Morgan fingerprint density at radius 1 is 1.70 bits per heavy atom. The van der Waals surface area contributed by atoms with Crippen LogP contribution in [0.25, 0.3) is 0 Å². The fourth-order valence-corrected chi connectivity index (χ4v) is 0.909. The monoisotopic (exact) mass is 201 g/mol. The molecule has 4 heteroatoms. The minimum absolute atomic E-state index is 0.745. The summed E-state index contributed by atoms with van der Waals surface area (Å²) in [6, 6.07) is 3.70. The van der Waals surface area contributed by atoms with E-state index < -0.39 is 0 Å². The third-order valence-electron chi connectivity index (χ3n) is 1.07. The summed E-state index contributed by atoms with van der Waals surface area (Å²) in [5, 5.41) is 1.46. The predicted molar refractivity (Wildman–Crippen MR) is 44.5 cm³/mol. The number of aromatic nitrogens is 1. The largest absolute Gasteiger partial charge is 0.298 e. The van der Waals surface area contributed by atoms with Crippen molar-refractivity contribution in [2.24, 2.45) is 5.84 Å². The van der Waals surface area contributed by atoms with E-state index in [1.165, 1.54) is 5.01 Å². The van der Waals surface area contributed by atoms with Crippen molar-refractivity contribution in [3.8, 4) is 0 Å². The average Bonchev–Trinajstić information content (AvgIpc) is 1.88. The van der Waals surface area contributed by atoms with Gasteiger partial charge in [0.05, 0.1) is 0 Å². The van der Waals surface area contributed by atoms with Gasteiger partial charge in [0, 0.05) is 17.7 Å². The highest BCUT2D eigenvalue weighted by molar-refractivity contribution is 9.10. The summed E-state index contributed by atoms with van der Waals surface area (Å²) in [5.41, 5.74) is 0. The number of hydrogen-bond donors (Lipinski definition) is 1. The Kier molecular flexibility index (Phi) is 2.24. The van der Waals surface area contributed by atoms with Crippen molar-refractivity contribution in [1.82, 2.24) is 4.98 Å². The lowest BCUT2D eigenvalue weighted by Gasteiger charge is -2.09. The number of hydrazine groups is 1. The third-order valence-corrected chi connectivity index (χ3v) is 1.56. The zero-order chi connectivity index (χ0) is 7.56. The normalized spacial score (nSPS) is 9.50. The molecule has 0 aliphatic carbocycles. The molecule has 0 aromatic carbocycles. The van der Waals surface area contributed by atoms with Crippen molar-refractivity contribution in [2.45, 2.75) is 0 Å². The van der Waals surface area contributed by atoms with Crippen molar-refractivity contribution in [2.75, 3.05) is 12.1 Å².